The third kappa shape index (κ3) is 3.98. The van der Waals surface area contributed by atoms with Crippen molar-refractivity contribution in [1.82, 2.24) is 9.88 Å². The molecule has 1 amide bonds. The van der Waals surface area contributed by atoms with E-state index in [1.54, 1.807) is 17.4 Å². The van der Waals surface area contributed by atoms with Crippen molar-refractivity contribution in [2.24, 2.45) is 0 Å². The number of nitrogens with zero attached hydrogens (tertiary/aromatic N) is 2. The number of hydrogen-bond acceptors (Lipinski definition) is 3. The number of aromatic nitrogens is 1. The van der Waals surface area contributed by atoms with Crippen LogP contribution in [0.25, 0.3) is 0 Å². The van der Waals surface area contributed by atoms with Crippen LogP contribution < -0.4 is 0 Å². The van der Waals surface area contributed by atoms with Crippen LogP contribution in [0.15, 0.2) is 71.5 Å². The van der Waals surface area contributed by atoms with Crippen LogP contribution in [0.2, 0.25) is 0 Å². The molecular weight excluding hydrogens is 403 g/mol. The summed E-state index contributed by atoms with van der Waals surface area (Å²) >= 11 is 2.18. The van der Waals surface area contributed by atoms with Crippen molar-refractivity contribution in [3.05, 3.63) is 87.6 Å². The first-order valence-corrected chi connectivity index (χ1v) is 8.28. The topological polar surface area (TPSA) is 46.3 Å². The second-order valence-corrected chi connectivity index (χ2v) is 6.20. The van der Waals surface area contributed by atoms with Crippen LogP contribution in [-0.4, -0.2) is 15.8 Å². The molecule has 1 aromatic carbocycles. The highest BCUT2D eigenvalue weighted by atomic mass is 127. The first kappa shape index (κ1) is 15.7. The van der Waals surface area contributed by atoms with Gasteiger partial charge in [-0.25, -0.2) is 0 Å². The molecule has 0 unspecified atom stereocenters. The van der Waals surface area contributed by atoms with Gasteiger partial charge in [0.05, 0.1) is 30.6 Å². The molecule has 0 radical (unpaired) electrons. The number of hydrogen-bond donors (Lipinski definition) is 0. The maximum absolute atomic E-state index is 12.9. The van der Waals surface area contributed by atoms with Gasteiger partial charge in [0.15, 0.2) is 0 Å². The van der Waals surface area contributed by atoms with Crippen molar-refractivity contribution >= 4 is 28.5 Å². The number of furan rings is 1. The van der Waals surface area contributed by atoms with Gasteiger partial charge in [-0.15, -0.1) is 0 Å². The number of benzene rings is 1. The number of halogens is 1. The average Bonchev–Trinajstić information content (AvgIpc) is 3.08. The predicted molar refractivity (Wildman–Crippen MR) is 95.7 cm³/mol. The second-order valence-electron chi connectivity index (χ2n) is 5.04. The van der Waals surface area contributed by atoms with Gasteiger partial charge in [-0.3, -0.25) is 9.78 Å². The van der Waals surface area contributed by atoms with Gasteiger partial charge in [-0.2, -0.15) is 0 Å². The Labute approximate surface area is 148 Å². The van der Waals surface area contributed by atoms with Gasteiger partial charge in [-0.1, -0.05) is 18.2 Å². The summed E-state index contributed by atoms with van der Waals surface area (Å²) in [5, 5.41) is 0. The summed E-state index contributed by atoms with van der Waals surface area (Å²) < 4.78 is 6.33. The number of amides is 1. The first-order valence-electron chi connectivity index (χ1n) is 7.20. The molecule has 3 rings (SSSR count). The minimum absolute atomic E-state index is 0.0305. The highest BCUT2D eigenvalue weighted by molar-refractivity contribution is 14.1. The molecule has 116 valence electrons. The molecule has 0 N–H and O–H groups in total. The predicted octanol–water partition coefficient (Wildman–Crippen LogP) is 4.12. The van der Waals surface area contributed by atoms with E-state index in [0.29, 0.717) is 18.7 Å². The minimum atomic E-state index is -0.0305. The van der Waals surface area contributed by atoms with E-state index in [2.05, 4.69) is 27.6 Å². The highest BCUT2D eigenvalue weighted by Gasteiger charge is 2.20. The molecule has 0 aliphatic rings. The van der Waals surface area contributed by atoms with Gasteiger partial charge in [0.1, 0.15) is 5.76 Å². The molecule has 0 atom stereocenters. The Kier molecular flexibility index (Phi) is 5.07. The fourth-order valence-corrected chi connectivity index (χ4v) is 2.90. The zero-order valence-corrected chi connectivity index (χ0v) is 14.5. The first-order chi connectivity index (χ1) is 11.2. The number of carbonyl (C=O) groups is 1. The summed E-state index contributed by atoms with van der Waals surface area (Å²) in [4.78, 5) is 19.0. The van der Waals surface area contributed by atoms with Gasteiger partial charge in [0, 0.05) is 9.77 Å². The number of pyridine rings is 1. The molecule has 0 fully saturated rings. The third-order valence-corrected chi connectivity index (χ3v) is 4.34. The van der Waals surface area contributed by atoms with Crippen LogP contribution in [0.4, 0.5) is 0 Å². The molecule has 0 saturated heterocycles. The monoisotopic (exact) mass is 418 g/mol. The van der Waals surface area contributed by atoms with Crippen LogP contribution in [0.5, 0.6) is 0 Å². The molecule has 2 aromatic heterocycles. The highest BCUT2D eigenvalue weighted by Crippen LogP contribution is 2.18. The summed E-state index contributed by atoms with van der Waals surface area (Å²) in [6.45, 7) is 0.846. The van der Waals surface area contributed by atoms with Crippen molar-refractivity contribution in [2.45, 2.75) is 13.1 Å². The number of rotatable bonds is 5. The van der Waals surface area contributed by atoms with Crippen molar-refractivity contribution in [3.8, 4) is 0 Å². The lowest BCUT2D eigenvalue weighted by Gasteiger charge is -2.22. The molecule has 0 saturated carbocycles. The lowest BCUT2D eigenvalue weighted by atomic mass is 10.2. The van der Waals surface area contributed by atoms with Crippen molar-refractivity contribution < 1.29 is 9.21 Å². The van der Waals surface area contributed by atoms with Gasteiger partial charge < -0.3 is 9.32 Å². The normalized spacial score (nSPS) is 10.5. The molecule has 23 heavy (non-hydrogen) atoms. The van der Waals surface area contributed by atoms with Crippen molar-refractivity contribution in [1.29, 1.82) is 0 Å². The van der Waals surface area contributed by atoms with Gasteiger partial charge >= 0.3 is 0 Å². The second kappa shape index (κ2) is 7.41. The lowest BCUT2D eigenvalue weighted by Crippen LogP contribution is -2.30. The van der Waals surface area contributed by atoms with Crippen molar-refractivity contribution in [2.75, 3.05) is 0 Å². The number of carbonyl (C=O) groups excluding carboxylic acids is 1. The van der Waals surface area contributed by atoms with E-state index in [1.165, 1.54) is 0 Å². The van der Waals surface area contributed by atoms with E-state index in [9.17, 15) is 4.79 Å². The maximum Gasteiger partial charge on any atom is 0.255 e. The van der Waals surface area contributed by atoms with E-state index in [4.69, 9.17) is 4.42 Å². The van der Waals surface area contributed by atoms with Crippen LogP contribution in [0, 0.1) is 3.57 Å². The maximum atomic E-state index is 12.9. The Morgan fingerprint density at radius 2 is 1.87 bits per heavy atom. The standard InChI is InChI=1S/C18H15IN2O2/c19-17-9-2-1-8-16(17)18(22)21(13-15-7-5-11-23-15)12-14-6-3-4-10-20-14/h1-11H,12-13H2. The third-order valence-electron chi connectivity index (χ3n) is 3.40. The van der Waals surface area contributed by atoms with Crippen LogP contribution in [-0.2, 0) is 13.1 Å². The molecule has 4 nitrogen and oxygen atoms in total. The molecule has 0 aliphatic heterocycles. The smallest absolute Gasteiger partial charge is 0.255 e. The summed E-state index contributed by atoms with van der Waals surface area (Å²) in [6.07, 6.45) is 3.35. The molecular formula is C18H15IN2O2. The summed E-state index contributed by atoms with van der Waals surface area (Å²) in [6, 6.07) is 17.0. The van der Waals surface area contributed by atoms with Crippen molar-refractivity contribution in [3.63, 3.8) is 0 Å². The van der Waals surface area contributed by atoms with E-state index in [0.717, 1.165) is 15.0 Å². The average molecular weight is 418 g/mol. The van der Waals surface area contributed by atoms with Gasteiger partial charge in [0.2, 0.25) is 0 Å². The fourth-order valence-electron chi connectivity index (χ4n) is 2.28. The largest absolute Gasteiger partial charge is 0.467 e. The SMILES string of the molecule is O=C(c1ccccc1I)N(Cc1ccccn1)Cc1ccco1. The molecule has 0 spiro atoms. The Hall–Kier alpha value is -2.15. The quantitative estimate of drug-likeness (QED) is 0.586. The summed E-state index contributed by atoms with van der Waals surface area (Å²) in [7, 11) is 0. The fraction of sp³-hybridized carbons (Fsp3) is 0.111. The molecule has 0 aliphatic carbocycles. The van der Waals surface area contributed by atoms with Gasteiger partial charge in [-0.05, 0) is 59.0 Å². The Bertz CT molecular complexity index is 773. The molecule has 5 heteroatoms. The summed E-state index contributed by atoms with van der Waals surface area (Å²) in [5.41, 5.74) is 1.54. The summed E-state index contributed by atoms with van der Waals surface area (Å²) in [5.74, 6) is 0.720. The molecule has 3 aromatic rings. The Morgan fingerprint density at radius 3 is 2.57 bits per heavy atom. The van der Waals surface area contributed by atoms with E-state index >= 15 is 0 Å². The van der Waals surface area contributed by atoms with Crippen LogP contribution >= 0.6 is 22.6 Å². The Morgan fingerprint density at radius 1 is 1.04 bits per heavy atom. The van der Waals surface area contributed by atoms with E-state index in [1.807, 2.05) is 54.6 Å². The lowest BCUT2D eigenvalue weighted by molar-refractivity contribution is 0.0714. The van der Waals surface area contributed by atoms with E-state index < -0.39 is 0 Å². The molecule has 2 heterocycles. The van der Waals surface area contributed by atoms with E-state index in [-0.39, 0.29) is 5.91 Å². The zero-order valence-electron chi connectivity index (χ0n) is 12.4. The van der Waals surface area contributed by atoms with Crippen LogP contribution in [0.3, 0.4) is 0 Å². The Balaban J connectivity index is 1.88. The molecule has 0 bridgehead atoms. The minimum Gasteiger partial charge on any atom is -0.467 e. The van der Waals surface area contributed by atoms with Crippen LogP contribution in [0.1, 0.15) is 21.8 Å². The van der Waals surface area contributed by atoms with Gasteiger partial charge in [0.25, 0.3) is 5.91 Å². The zero-order chi connectivity index (χ0) is 16.1.